The van der Waals surface area contributed by atoms with Crippen LogP contribution in [0.1, 0.15) is 26.7 Å². The molecule has 1 aromatic carbocycles. The molecule has 0 spiro atoms. The highest BCUT2D eigenvalue weighted by Gasteiger charge is 2.45. The highest BCUT2D eigenvalue weighted by Crippen LogP contribution is 2.39. The summed E-state index contributed by atoms with van der Waals surface area (Å²) in [4.78, 5) is 16.7. The molecule has 4 rings (SSSR count). The van der Waals surface area contributed by atoms with Gasteiger partial charge in [-0.05, 0) is 37.8 Å². The van der Waals surface area contributed by atoms with Crippen LogP contribution in [0.15, 0.2) is 12.1 Å². The molecule has 1 amide bonds. The van der Waals surface area contributed by atoms with Crippen LogP contribution in [-0.2, 0) is 9.53 Å². The monoisotopic (exact) mass is 443 g/mol. The van der Waals surface area contributed by atoms with Gasteiger partial charge in [0, 0.05) is 13.0 Å². The van der Waals surface area contributed by atoms with Gasteiger partial charge < -0.3 is 19.7 Å². The van der Waals surface area contributed by atoms with Crippen molar-refractivity contribution in [2.45, 2.75) is 44.8 Å². The summed E-state index contributed by atoms with van der Waals surface area (Å²) in [6, 6.07) is 3.15. The minimum atomic E-state index is -2.70. The number of carbonyl (C=O) groups is 1. The number of rotatable bonds is 8. The van der Waals surface area contributed by atoms with Crippen molar-refractivity contribution in [2.75, 3.05) is 31.2 Å². The van der Waals surface area contributed by atoms with Crippen molar-refractivity contribution in [1.82, 2.24) is 10.3 Å². The number of ether oxygens (including phenoxy) is 2. The summed E-state index contributed by atoms with van der Waals surface area (Å²) in [6.45, 7) is 3.43. The zero-order valence-corrected chi connectivity index (χ0v) is 17.6. The quantitative estimate of drug-likeness (QED) is 0.676. The van der Waals surface area contributed by atoms with Crippen LogP contribution in [0, 0.1) is 11.7 Å². The van der Waals surface area contributed by atoms with Crippen LogP contribution < -0.4 is 15.0 Å². The first-order valence-electron chi connectivity index (χ1n) is 9.93. The van der Waals surface area contributed by atoms with E-state index < -0.39 is 11.7 Å². The summed E-state index contributed by atoms with van der Waals surface area (Å²) < 4.78 is 52.7. The Hall–Kier alpha value is -2.07. The first kappa shape index (κ1) is 21.2. The van der Waals surface area contributed by atoms with Gasteiger partial charge in [0.25, 0.3) is 5.92 Å². The predicted octanol–water partition coefficient (Wildman–Crippen LogP) is 3.59. The SMILES string of the molecule is CC(=O)N[C@@H](C)COC1CC(COc2ccc3nc(N4CC(F)(F)C4)sc3c2F)C1. The lowest BCUT2D eigenvalue weighted by molar-refractivity contribution is -0.120. The lowest BCUT2D eigenvalue weighted by Gasteiger charge is -2.38. The molecule has 10 heteroatoms. The summed E-state index contributed by atoms with van der Waals surface area (Å²) in [5.41, 5.74) is 0.445. The fourth-order valence-electron chi connectivity index (χ4n) is 3.65. The van der Waals surface area contributed by atoms with E-state index in [4.69, 9.17) is 9.47 Å². The predicted molar refractivity (Wildman–Crippen MR) is 108 cm³/mol. The second-order valence-electron chi connectivity index (χ2n) is 8.14. The smallest absolute Gasteiger partial charge is 0.282 e. The van der Waals surface area contributed by atoms with E-state index in [9.17, 15) is 18.0 Å². The van der Waals surface area contributed by atoms with Gasteiger partial charge in [-0.25, -0.2) is 18.2 Å². The summed E-state index contributed by atoms with van der Waals surface area (Å²) in [7, 11) is 0. The third-order valence-electron chi connectivity index (χ3n) is 5.26. The van der Waals surface area contributed by atoms with Crippen molar-refractivity contribution in [1.29, 1.82) is 0 Å². The number of aromatic nitrogens is 1. The zero-order chi connectivity index (χ0) is 21.5. The molecule has 2 fully saturated rings. The van der Waals surface area contributed by atoms with Gasteiger partial charge in [-0.2, -0.15) is 0 Å². The molecule has 164 valence electrons. The Morgan fingerprint density at radius 1 is 1.40 bits per heavy atom. The lowest BCUT2D eigenvalue weighted by Crippen LogP contribution is -2.56. The van der Waals surface area contributed by atoms with Crippen molar-refractivity contribution in [3.63, 3.8) is 0 Å². The summed E-state index contributed by atoms with van der Waals surface area (Å²) in [6.07, 6.45) is 1.77. The Balaban J connectivity index is 1.26. The molecule has 1 aromatic heterocycles. The molecule has 30 heavy (non-hydrogen) atoms. The average Bonchev–Trinajstić information content (AvgIpc) is 3.03. The highest BCUT2D eigenvalue weighted by atomic mass is 32.1. The number of amides is 1. The van der Waals surface area contributed by atoms with Gasteiger partial charge in [-0.15, -0.1) is 0 Å². The van der Waals surface area contributed by atoms with Crippen molar-refractivity contribution < 1.29 is 27.4 Å². The van der Waals surface area contributed by atoms with Gasteiger partial charge in [0.05, 0.1) is 42.6 Å². The largest absolute Gasteiger partial charge is 0.490 e. The summed E-state index contributed by atoms with van der Waals surface area (Å²) >= 11 is 1.07. The Labute approximate surface area is 176 Å². The normalized spacial score (nSPS) is 23.6. The first-order chi connectivity index (χ1) is 14.2. The standard InChI is InChI=1S/C20H24F3N3O3S/c1-11(24-12(2)27)7-28-14-5-13(6-14)8-29-16-4-3-15-18(17(16)21)30-19(25-15)26-9-20(22,23)10-26/h3-4,11,13-14H,5-10H2,1-2H3,(H,24,27)/t11-,13?,14?/m0/s1. The number of fused-ring (bicyclic) bond motifs is 1. The van der Waals surface area contributed by atoms with Gasteiger partial charge in [-0.3, -0.25) is 4.79 Å². The number of nitrogens with one attached hydrogen (secondary N) is 1. The Kier molecular flexibility index (Phi) is 5.80. The number of halogens is 3. The molecule has 1 atom stereocenters. The number of hydrogen-bond acceptors (Lipinski definition) is 6. The molecule has 0 unspecified atom stereocenters. The molecular weight excluding hydrogens is 419 g/mol. The van der Waals surface area contributed by atoms with E-state index in [0.29, 0.717) is 28.6 Å². The Bertz CT molecular complexity index is 925. The molecule has 1 aliphatic heterocycles. The minimum absolute atomic E-state index is 0.0367. The fraction of sp³-hybridized carbons (Fsp3) is 0.600. The molecular formula is C20H24F3N3O3S. The second-order valence-corrected chi connectivity index (χ2v) is 9.12. The molecule has 0 bridgehead atoms. The van der Waals surface area contributed by atoms with Crippen molar-refractivity contribution >= 4 is 32.6 Å². The third-order valence-corrected chi connectivity index (χ3v) is 6.39. The average molecular weight is 443 g/mol. The van der Waals surface area contributed by atoms with Gasteiger partial charge >= 0.3 is 0 Å². The van der Waals surface area contributed by atoms with E-state index in [1.165, 1.54) is 17.9 Å². The molecule has 1 aliphatic carbocycles. The zero-order valence-electron chi connectivity index (χ0n) is 16.8. The van der Waals surface area contributed by atoms with E-state index in [1.807, 2.05) is 6.92 Å². The number of alkyl halides is 2. The molecule has 1 saturated heterocycles. The summed E-state index contributed by atoms with van der Waals surface area (Å²) in [5, 5.41) is 3.17. The lowest BCUT2D eigenvalue weighted by atomic mass is 9.83. The molecule has 2 heterocycles. The van der Waals surface area contributed by atoms with Crippen LogP contribution in [0.4, 0.5) is 18.3 Å². The van der Waals surface area contributed by atoms with Crippen molar-refractivity contribution in [3.05, 3.63) is 17.9 Å². The van der Waals surface area contributed by atoms with Gasteiger partial charge in [0.15, 0.2) is 16.7 Å². The Morgan fingerprint density at radius 3 is 2.80 bits per heavy atom. The maximum absolute atomic E-state index is 14.8. The van der Waals surface area contributed by atoms with Crippen LogP contribution >= 0.6 is 11.3 Å². The molecule has 2 aliphatic rings. The number of nitrogens with zero attached hydrogens (tertiary/aromatic N) is 2. The van der Waals surface area contributed by atoms with Crippen LogP contribution in [0.5, 0.6) is 5.75 Å². The minimum Gasteiger partial charge on any atom is -0.490 e. The van der Waals surface area contributed by atoms with Crippen LogP contribution in [0.3, 0.4) is 0 Å². The van der Waals surface area contributed by atoms with Gasteiger partial charge in [0.1, 0.15) is 0 Å². The van der Waals surface area contributed by atoms with Gasteiger partial charge in [-0.1, -0.05) is 11.3 Å². The molecule has 6 nitrogen and oxygen atoms in total. The van der Waals surface area contributed by atoms with E-state index in [2.05, 4.69) is 10.3 Å². The molecule has 1 saturated carbocycles. The molecule has 1 N–H and O–H groups in total. The maximum atomic E-state index is 14.8. The third kappa shape index (κ3) is 4.64. The Morgan fingerprint density at radius 2 is 2.13 bits per heavy atom. The topological polar surface area (TPSA) is 63.7 Å². The van der Waals surface area contributed by atoms with Crippen LogP contribution in [0.2, 0.25) is 0 Å². The van der Waals surface area contributed by atoms with E-state index in [0.717, 1.165) is 24.2 Å². The van der Waals surface area contributed by atoms with Crippen LogP contribution in [-0.4, -0.2) is 55.3 Å². The van der Waals surface area contributed by atoms with E-state index in [-0.39, 0.29) is 42.8 Å². The number of thiazole rings is 1. The van der Waals surface area contributed by atoms with Crippen molar-refractivity contribution in [3.8, 4) is 5.75 Å². The molecule has 0 radical (unpaired) electrons. The van der Waals surface area contributed by atoms with E-state index in [1.54, 1.807) is 6.07 Å². The summed E-state index contributed by atoms with van der Waals surface area (Å²) in [5.74, 6) is -2.85. The second kappa shape index (κ2) is 8.22. The first-order valence-corrected chi connectivity index (χ1v) is 10.7. The maximum Gasteiger partial charge on any atom is 0.282 e. The number of anilines is 1. The van der Waals surface area contributed by atoms with E-state index >= 15 is 0 Å². The number of carbonyl (C=O) groups excluding carboxylic acids is 1. The van der Waals surface area contributed by atoms with Crippen LogP contribution in [0.25, 0.3) is 10.2 Å². The highest BCUT2D eigenvalue weighted by molar-refractivity contribution is 7.22. The molecule has 2 aromatic rings. The van der Waals surface area contributed by atoms with Crippen molar-refractivity contribution in [2.24, 2.45) is 5.92 Å². The number of benzene rings is 1. The fourth-order valence-corrected chi connectivity index (χ4v) is 4.64. The number of hydrogen-bond donors (Lipinski definition) is 1. The van der Waals surface area contributed by atoms with Gasteiger partial charge in [0.2, 0.25) is 5.91 Å².